The number of nitrogens with one attached hydrogen (secondary N) is 2. The Hall–Kier alpha value is -1.95. The minimum absolute atomic E-state index is 0.219. The Bertz CT molecular complexity index is 594. The Balaban J connectivity index is 2.23. The zero-order valence-corrected chi connectivity index (χ0v) is 12.0. The van der Waals surface area contributed by atoms with Crippen LogP contribution in [-0.4, -0.2) is 23.2 Å². The Morgan fingerprint density at radius 3 is 2.79 bits per heavy atom. The van der Waals surface area contributed by atoms with E-state index < -0.39 is 0 Å². The molecule has 5 nitrogen and oxygen atoms in total. The van der Waals surface area contributed by atoms with Crippen molar-refractivity contribution >= 4 is 28.1 Å². The standard InChI is InChI=1S/C13H16N4OS/c1-4-9-7-5-6-8(2)10(9)15-11(18)12-16-17-13(14-3)19-12/h5-7H,4H2,1-3H3,(H,14,17)(H,15,18). The number of carbonyl (C=O) groups is 1. The Morgan fingerprint density at radius 2 is 2.16 bits per heavy atom. The van der Waals surface area contributed by atoms with Gasteiger partial charge in [-0.05, 0) is 24.5 Å². The highest BCUT2D eigenvalue weighted by atomic mass is 32.1. The van der Waals surface area contributed by atoms with Gasteiger partial charge in [0.1, 0.15) is 0 Å². The van der Waals surface area contributed by atoms with E-state index in [0.717, 1.165) is 23.2 Å². The van der Waals surface area contributed by atoms with Crippen LogP contribution in [0.3, 0.4) is 0 Å². The zero-order chi connectivity index (χ0) is 13.8. The number of hydrogen-bond donors (Lipinski definition) is 2. The molecule has 0 spiro atoms. The number of hydrogen-bond acceptors (Lipinski definition) is 5. The van der Waals surface area contributed by atoms with Gasteiger partial charge in [-0.2, -0.15) is 0 Å². The Labute approximate surface area is 116 Å². The van der Waals surface area contributed by atoms with Gasteiger partial charge in [0.05, 0.1) is 0 Å². The van der Waals surface area contributed by atoms with Gasteiger partial charge in [-0.15, -0.1) is 10.2 Å². The molecule has 2 N–H and O–H groups in total. The van der Waals surface area contributed by atoms with E-state index in [9.17, 15) is 4.79 Å². The smallest absolute Gasteiger partial charge is 0.286 e. The van der Waals surface area contributed by atoms with Crippen molar-refractivity contribution in [2.45, 2.75) is 20.3 Å². The number of aromatic nitrogens is 2. The normalized spacial score (nSPS) is 10.3. The SMILES string of the molecule is CCc1cccc(C)c1NC(=O)c1nnc(NC)s1. The lowest BCUT2D eigenvalue weighted by Crippen LogP contribution is -2.14. The van der Waals surface area contributed by atoms with Crippen molar-refractivity contribution < 1.29 is 4.79 Å². The van der Waals surface area contributed by atoms with Gasteiger partial charge in [0.15, 0.2) is 0 Å². The maximum atomic E-state index is 12.1. The molecule has 0 aliphatic heterocycles. The van der Waals surface area contributed by atoms with Gasteiger partial charge >= 0.3 is 0 Å². The summed E-state index contributed by atoms with van der Waals surface area (Å²) in [5, 5.41) is 14.5. The average molecular weight is 276 g/mol. The third kappa shape index (κ3) is 2.90. The summed E-state index contributed by atoms with van der Waals surface area (Å²) >= 11 is 1.23. The molecule has 0 atom stereocenters. The molecule has 0 aliphatic rings. The number of rotatable bonds is 4. The van der Waals surface area contributed by atoms with Crippen molar-refractivity contribution in [2.24, 2.45) is 0 Å². The molecule has 0 bridgehead atoms. The summed E-state index contributed by atoms with van der Waals surface area (Å²) in [6.07, 6.45) is 0.870. The van der Waals surface area contributed by atoms with Crippen molar-refractivity contribution in [3.63, 3.8) is 0 Å². The summed E-state index contributed by atoms with van der Waals surface area (Å²) in [6.45, 7) is 4.04. The first kappa shape index (κ1) is 13.5. The number of amides is 1. The van der Waals surface area contributed by atoms with Crippen LogP contribution in [0.1, 0.15) is 27.9 Å². The maximum Gasteiger partial charge on any atom is 0.286 e. The molecule has 1 aromatic carbocycles. The lowest BCUT2D eigenvalue weighted by molar-refractivity contribution is 0.102. The van der Waals surface area contributed by atoms with Gasteiger partial charge in [0.25, 0.3) is 5.91 Å². The molecule has 19 heavy (non-hydrogen) atoms. The van der Waals surface area contributed by atoms with E-state index in [1.165, 1.54) is 11.3 Å². The molecule has 2 aromatic rings. The second-order valence-corrected chi connectivity index (χ2v) is 5.06. The van der Waals surface area contributed by atoms with E-state index in [-0.39, 0.29) is 5.91 Å². The van der Waals surface area contributed by atoms with Crippen molar-refractivity contribution in [3.05, 3.63) is 34.3 Å². The van der Waals surface area contributed by atoms with Gasteiger partial charge in [-0.1, -0.05) is 36.5 Å². The van der Waals surface area contributed by atoms with E-state index in [1.807, 2.05) is 25.1 Å². The highest BCUT2D eigenvalue weighted by molar-refractivity contribution is 7.17. The minimum Gasteiger partial charge on any atom is -0.363 e. The quantitative estimate of drug-likeness (QED) is 0.901. The number of carbonyl (C=O) groups excluding carboxylic acids is 1. The molecule has 1 heterocycles. The summed E-state index contributed by atoms with van der Waals surface area (Å²) in [7, 11) is 1.75. The second kappa shape index (κ2) is 5.79. The largest absolute Gasteiger partial charge is 0.363 e. The number of para-hydroxylation sites is 1. The molecule has 0 radical (unpaired) electrons. The maximum absolute atomic E-state index is 12.1. The van der Waals surface area contributed by atoms with Crippen molar-refractivity contribution in [1.29, 1.82) is 0 Å². The van der Waals surface area contributed by atoms with Crippen LogP contribution in [0.15, 0.2) is 18.2 Å². The molecule has 0 unspecified atom stereocenters. The Morgan fingerprint density at radius 1 is 1.37 bits per heavy atom. The first-order valence-electron chi connectivity index (χ1n) is 6.06. The first-order valence-corrected chi connectivity index (χ1v) is 6.88. The summed E-state index contributed by atoms with van der Waals surface area (Å²) in [5.41, 5.74) is 3.04. The van der Waals surface area contributed by atoms with E-state index in [0.29, 0.717) is 10.1 Å². The molecule has 6 heteroatoms. The van der Waals surface area contributed by atoms with Crippen LogP contribution in [0.25, 0.3) is 0 Å². The summed E-state index contributed by atoms with van der Waals surface area (Å²) in [5.74, 6) is -0.219. The van der Waals surface area contributed by atoms with E-state index >= 15 is 0 Å². The third-order valence-corrected chi connectivity index (χ3v) is 3.75. The predicted octanol–water partition coefficient (Wildman–Crippen LogP) is 2.70. The lowest BCUT2D eigenvalue weighted by atomic mass is 10.1. The van der Waals surface area contributed by atoms with Crippen LogP contribution < -0.4 is 10.6 Å². The van der Waals surface area contributed by atoms with Crippen molar-refractivity contribution in [2.75, 3.05) is 17.7 Å². The first-order chi connectivity index (χ1) is 9.15. The fraction of sp³-hybridized carbons (Fsp3) is 0.308. The van der Waals surface area contributed by atoms with Gasteiger partial charge in [0, 0.05) is 12.7 Å². The summed E-state index contributed by atoms with van der Waals surface area (Å²) in [4.78, 5) is 12.1. The molecule has 0 aliphatic carbocycles. The molecule has 0 saturated heterocycles. The number of nitrogens with zero attached hydrogens (tertiary/aromatic N) is 2. The van der Waals surface area contributed by atoms with Crippen LogP contribution in [-0.2, 0) is 6.42 Å². The Kier molecular flexibility index (Phi) is 4.11. The number of aryl methyl sites for hydroxylation is 2. The van der Waals surface area contributed by atoms with Crippen LogP contribution in [0.2, 0.25) is 0 Å². The fourth-order valence-corrected chi connectivity index (χ4v) is 2.38. The lowest BCUT2D eigenvalue weighted by Gasteiger charge is -2.11. The van der Waals surface area contributed by atoms with Crippen LogP contribution >= 0.6 is 11.3 Å². The summed E-state index contributed by atoms with van der Waals surface area (Å²) < 4.78 is 0. The molecule has 0 fully saturated rings. The highest BCUT2D eigenvalue weighted by Gasteiger charge is 2.14. The van der Waals surface area contributed by atoms with Gasteiger partial charge in [-0.25, -0.2) is 0 Å². The molecule has 0 saturated carbocycles. The number of anilines is 2. The van der Waals surface area contributed by atoms with Crippen LogP contribution in [0.5, 0.6) is 0 Å². The minimum atomic E-state index is -0.219. The molecular formula is C13H16N4OS. The predicted molar refractivity (Wildman–Crippen MR) is 78.0 cm³/mol. The summed E-state index contributed by atoms with van der Waals surface area (Å²) in [6, 6.07) is 5.99. The fourth-order valence-electron chi connectivity index (χ4n) is 1.79. The van der Waals surface area contributed by atoms with E-state index in [4.69, 9.17) is 0 Å². The number of benzene rings is 1. The zero-order valence-electron chi connectivity index (χ0n) is 11.2. The molecular weight excluding hydrogens is 260 g/mol. The third-order valence-electron chi connectivity index (χ3n) is 2.81. The second-order valence-electron chi connectivity index (χ2n) is 4.08. The van der Waals surface area contributed by atoms with Crippen molar-refractivity contribution in [1.82, 2.24) is 10.2 Å². The van der Waals surface area contributed by atoms with Gasteiger partial charge < -0.3 is 10.6 Å². The highest BCUT2D eigenvalue weighted by Crippen LogP contribution is 2.23. The van der Waals surface area contributed by atoms with E-state index in [1.54, 1.807) is 7.05 Å². The van der Waals surface area contributed by atoms with Crippen LogP contribution in [0, 0.1) is 6.92 Å². The topological polar surface area (TPSA) is 66.9 Å². The molecule has 1 aromatic heterocycles. The molecule has 2 rings (SSSR count). The van der Waals surface area contributed by atoms with Gasteiger partial charge in [-0.3, -0.25) is 4.79 Å². The van der Waals surface area contributed by atoms with Gasteiger partial charge in [0.2, 0.25) is 10.1 Å². The monoisotopic (exact) mass is 276 g/mol. The van der Waals surface area contributed by atoms with Crippen molar-refractivity contribution in [3.8, 4) is 0 Å². The molecule has 1 amide bonds. The van der Waals surface area contributed by atoms with E-state index in [2.05, 4.69) is 27.8 Å². The molecule has 100 valence electrons. The van der Waals surface area contributed by atoms with Crippen LogP contribution in [0.4, 0.5) is 10.8 Å². The average Bonchev–Trinajstić information content (AvgIpc) is 2.90.